The Labute approximate surface area is 185 Å². The molecule has 6 nitrogen and oxygen atoms in total. The molecule has 0 aliphatic heterocycles. The molecule has 156 valence electrons. The molecule has 0 radical (unpaired) electrons. The number of aromatic nitrogens is 1. The number of rotatable bonds is 7. The Balaban J connectivity index is 1.92. The van der Waals surface area contributed by atoms with Gasteiger partial charge in [-0.05, 0) is 48.9 Å². The first-order valence-corrected chi connectivity index (χ1v) is 11.2. The lowest BCUT2D eigenvalue weighted by molar-refractivity contribution is -0.119. The number of nitrogens with zero attached hydrogens (tertiary/aromatic N) is 2. The standard InChI is InChI=1S/C21H19Cl2N3O3S/c1-15-5-7-17(8-6-15)30(28,29)26(19-4-2-3-18(22)21(19)23)14-20(27)25-13-16-9-11-24-12-10-16/h2-12H,13-14H2,1H3,(H,25,27). The van der Waals surface area contributed by atoms with E-state index in [1.54, 1.807) is 48.8 Å². The van der Waals surface area contributed by atoms with Gasteiger partial charge in [0.2, 0.25) is 5.91 Å². The minimum Gasteiger partial charge on any atom is -0.350 e. The summed E-state index contributed by atoms with van der Waals surface area (Å²) in [5.41, 5.74) is 1.88. The van der Waals surface area contributed by atoms with Gasteiger partial charge in [0.05, 0.1) is 20.6 Å². The fraction of sp³-hybridized carbons (Fsp3) is 0.143. The van der Waals surface area contributed by atoms with E-state index in [1.165, 1.54) is 18.2 Å². The molecule has 1 N–H and O–H groups in total. The maximum absolute atomic E-state index is 13.4. The third kappa shape index (κ3) is 5.11. The predicted octanol–water partition coefficient (Wildman–Crippen LogP) is 4.21. The molecule has 0 spiro atoms. The van der Waals surface area contributed by atoms with Gasteiger partial charge in [-0.25, -0.2) is 8.42 Å². The van der Waals surface area contributed by atoms with Crippen LogP contribution in [-0.2, 0) is 21.4 Å². The van der Waals surface area contributed by atoms with Crippen molar-refractivity contribution in [2.45, 2.75) is 18.4 Å². The summed E-state index contributed by atoms with van der Waals surface area (Å²) in [5, 5.41) is 2.96. The van der Waals surface area contributed by atoms with Crippen LogP contribution in [0.2, 0.25) is 10.0 Å². The number of aryl methyl sites for hydroxylation is 1. The van der Waals surface area contributed by atoms with E-state index in [9.17, 15) is 13.2 Å². The summed E-state index contributed by atoms with van der Waals surface area (Å²) in [6.45, 7) is 1.64. The fourth-order valence-corrected chi connectivity index (χ4v) is 4.59. The van der Waals surface area contributed by atoms with Gasteiger partial charge in [-0.15, -0.1) is 0 Å². The first-order valence-electron chi connectivity index (χ1n) is 8.98. The number of hydrogen-bond acceptors (Lipinski definition) is 4. The predicted molar refractivity (Wildman–Crippen MR) is 118 cm³/mol. The van der Waals surface area contributed by atoms with Crippen molar-refractivity contribution in [3.63, 3.8) is 0 Å². The first-order chi connectivity index (χ1) is 14.3. The average molecular weight is 464 g/mol. The Morgan fingerprint density at radius 1 is 1.03 bits per heavy atom. The summed E-state index contributed by atoms with van der Waals surface area (Å²) in [4.78, 5) is 16.6. The van der Waals surface area contributed by atoms with Gasteiger partial charge in [0, 0.05) is 18.9 Å². The van der Waals surface area contributed by atoms with Gasteiger partial charge in [0.25, 0.3) is 10.0 Å². The topological polar surface area (TPSA) is 79.4 Å². The molecular weight excluding hydrogens is 445 g/mol. The molecule has 3 rings (SSSR count). The van der Waals surface area contributed by atoms with Gasteiger partial charge < -0.3 is 5.32 Å². The molecule has 1 amide bonds. The highest BCUT2D eigenvalue weighted by Gasteiger charge is 2.29. The molecule has 1 aromatic heterocycles. The molecule has 0 bridgehead atoms. The Morgan fingerprint density at radius 3 is 2.37 bits per heavy atom. The Kier molecular flexibility index (Phi) is 6.97. The van der Waals surface area contributed by atoms with Crippen molar-refractivity contribution in [2.75, 3.05) is 10.8 Å². The quantitative estimate of drug-likeness (QED) is 0.568. The van der Waals surface area contributed by atoms with Crippen molar-refractivity contribution in [1.29, 1.82) is 0 Å². The molecule has 0 atom stereocenters. The molecule has 0 unspecified atom stereocenters. The van der Waals surface area contributed by atoms with E-state index in [-0.39, 0.29) is 27.2 Å². The lowest BCUT2D eigenvalue weighted by Crippen LogP contribution is -2.40. The Morgan fingerprint density at radius 2 is 1.70 bits per heavy atom. The molecule has 0 fully saturated rings. The number of amides is 1. The summed E-state index contributed by atoms with van der Waals surface area (Å²) < 4.78 is 27.7. The normalized spacial score (nSPS) is 11.2. The highest BCUT2D eigenvalue weighted by molar-refractivity contribution is 7.92. The third-order valence-electron chi connectivity index (χ3n) is 4.34. The van der Waals surface area contributed by atoms with Gasteiger partial charge in [-0.1, -0.05) is 47.0 Å². The van der Waals surface area contributed by atoms with E-state index in [0.29, 0.717) is 0 Å². The van der Waals surface area contributed by atoms with E-state index >= 15 is 0 Å². The van der Waals surface area contributed by atoms with Crippen LogP contribution >= 0.6 is 23.2 Å². The number of sulfonamides is 1. The van der Waals surface area contributed by atoms with Gasteiger partial charge in [-0.2, -0.15) is 0 Å². The van der Waals surface area contributed by atoms with Gasteiger partial charge in [0.15, 0.2) is 0 Å². The number of nitrogens with one attached hydrogen (secondary N) is 1. The van der Waals surface area contributed by atoms with Crippen LogP contribution in [0, 0.1) is 6.92 Å². The maximum atomic E-state index is 13.4. The Bertz CT molecular complexity index is 1140. The number of pyridine rings is 1. The van der Waals surface area contributed by atoms with Crippen LogP contribution in [0.1, 0.15) is 11.1 Å². The second-order valence-electron chi connectivity index (χ2n) is 6.53. The number of benzene rings is 2. The fourth-order valence-electron chi connectivity index (χ4n) is 2.71. The lowest BCUT2D eigenvalue weighted by atomic mass is 10.2. The SMILES string of the molecule is Cc1ccc(S(=O)(=O)N(CC(=O)NCc2ccncc2)c2cccc(Cl)c2Cl)cc1. The minimum absolute atomic E-state index is 0.0473. The van der Waals surface area contributed by atoms with E-state index in [0.717, 1.165) is 15.4 Å². The second-order valence-corrected chi connectivity index (χ2v) is 9.18. The molecular formula is C21H19Cl2N3O3S. The number of carbonyl (C=O) groups is 1. The van der Waals surface area contributed by atoms with Crippen LogP contribution in [0.4, 0.5) is 5.69 Å². The third-order valence-corrected chi connectivity index (χ3v) is 6.92. The van der Waals surface area contributed by atoms with E-state index in [4.69, 9.17) is 23.2 Å². The number of anilines is 1. The summed E-state index contributed by atoms with van der Waals surface area (Å²) in [5.74, 6) is -0.487. The molecule has 3 aromatic rings. The van der Waals surface area contributed by atoms with Crippen molar-refractivity contribution in [3.8, 4) is 0 Å². The van der Waals surface area contributed by atoms with Crippen LogP contribution in [0.3, 0.4) is 0 Å². The van der Waals surface area contributed by atoms with Crippen molar-refractivity contribution >= 4 is 44.8 Å². The molecule has 0 saturated carbocycles. The maximum Gasteiger partial charge on any atom is 0.264 e. The molecule has 0 aliphatic carbocycles. The lowest BCUT2D eigenvalue weighted by Gasteiger charge is -2.25. The number of hydrogen-bond donors (Lipinski definition) is 1. The van der Waals surface area contributed by atoms with Gasteiger partial charge in [0.1, 0.15) is 6.54 Å². The minimum atomic E-state index is -4.07. The van der Waals surface area contributed by atoms with E-state index < -0.39 is 22.5 Å². The molecule has 1 heterocycles. The monoisotopic (exact) mass is 463 g/mol. The smallest absolute Gasteiger partial charge is 0.264 e. The van der Waals surface area contributed by atoms with Crippen molar-refractivity contribution < 1.29 is 13.2 Å². The zero-order chi connectivity index (χ0) is 21.7. The second kappa shape index (κ2) is 9.47. The molecule has 0 aliphatic rings. The van der Waals surface area contributed by atoms with Gasteiger partial charge >= 0.3 is 0 Å². The van der Waals surface area contributed by atoms with Crippen LogP contribution in [-0.4, -0.2) is 25.9 Å². The molecule has 30 heavy (non-hydrogen) atoms. The summed E-state index contributed by atoms with van der Waals surface area (Å²) in [6.07, 6.45) is 3.22. The molecule has 0 saturated heterocycles. The summed E-state index contributed by atoms with van der Waals surface area (Å²) >= 11 is 12.4. The van der Waals surface area contributed by atoms with Crippen molar-refractivity contribution in [2.24, 2.45) is 0 Å². The van der Waals surface area contributed by atoms with Gasteiger partial charge in [-0.3, -0.25) is 14.1 Å². The van der Waals surface area contributed by atoms with E-state index in [2.05, 4.69) is 10.3 Å². The van der Waals surface area contributed by atoms with Crippen molar-refractivity contribution in [3.05, 3.63) is 88.2 Å². The summed E-state index contributed by atoms with van der Waals surface area (Å²) in [6, 6.07) is 14.5. The van der Waals surface area contributed by atoms with Crippen molar-refractivity contribution in [1.82, 2.24) is 10.3 Å². The zero-order valence-electron chi connectivity index (χ0n) is 16.0. The first kappa shape index (κ1) is 22.1. The Hall–Kier alpha value is -2.61. The van der Waals surface area contributed by atoms with Crippen LogP contribution < -0.4 is 9.62 Å². The molecule has 2 aromatic carbocycles. The zero-order valence-corrected chi connectivity index (χ0v) is 18.4. The highest BCUT2D eigenvalue weighted by atomic mass is 35.5. The van der Waals surface area contributed by atoms with Crippen LogP contribution in [0.25, 0.3) is 0 Å². The molecule has 9 heteroatoms. The van der Waals surface area contributed by atoms with Crippen LogP contribution in [0.15, 0.2) is 71.9 Å². The number of halogens is 2. The largest absolute Gasteiger partial charge is 0.350 e. The number of carbonyl (C=O) groups excluding carboxylic acids is 1. The van der Waals surface area contributed by atoms with Crippen LogP contribution in [0.5, 0.6) is 0 Å². The van der Waals surface area contributed by atoms with E-state index in [1.807, 2.05) is 6.92 Å². The summed E-state index contributed by atoms with van der Waals surface area (Å²) in [7, 11) is -4.07. The average Bonchev–Trinajstić information content (AvgIpc) is 2.74. The highest BCUT2D eigenvalue weighted by Crippen LogP contribution is 2.35.